The predicted octanol–water partition coefficient (Wildman–Crippen LogP) is 0.325. The number of hydrogen-bond donors (Lipinski definition) is 0. The summed E-state index contributed by atoms with van der Waals surface area (Å²) >= 11 is 1.47. The maximum absolute atomic E-state index is 4.19. The second-order valence-electron chi connectivity index (χ2n) is 5.27. The lowest BCUT2D eigenvalue weighted by atomic mass is 10.2. The number of halogens is 1. The Morgan fingerprint density at radius 3 is 2.67 bits per heavy atom. The fourth-order valence-electron chi connectivity index (χ4n) is 2.17. The van der Waals surface area contributed by atoms with Crippen molar-refractivity contribution in [2.24, 2.45) is 17.3 Å². The summed E-state index contributed by atoms with van der Waals surface area (Å²) in [6.45, 7) is 1.89. The van der Waals surface area contributed by atoms with Gasteiger partial charge in [0.2, 0.25) is 11.5 Å². The maximum Gasteiger partial charge on any atom is 0.243 e. The number of likely N-dealkylation sites (N-methyl/N-ethyl adjacent to an activating group) is 1. The molecule has 0 fully saturated rings. The van der Waals surface area contributed by atoms with Crippen LogP contribution in [0.4, 0.5) is 16.5 Å². The standard InChI is InChI=1S/C16H19N6S.BrH/c1-20-8-10-22(13-20)11-9-21(2)15-5-3-14(4-6-15)18-19-16-17-7-12-23-16;/h3-8,10,12-13H,9,11H2,1-2H3;1H/q+1;/p-1/b19-18+;. The lowest BCUT2D eigenvalue weighted by molar-refractivity contribution is -0.671. The first kappa shape index (κ1) is 18.3. The van der Waals surface area contributed by atoms with Crippen LogP contribution in [0.15, 0.2) is 64.8 Å². The largest absolute Gasteiger partial charge is 1.00 e. The highest BCUT2D eigenvalue weighted by Gasteiger charge is 2.04. The molecule has 1 aromatic carbocycles. The molecule has 24 heavy (non-hydrogen) atoms. The molecule has 3 aromatic rings. The highest BCUT2D eigenvalue weighted by atomic mass is 79.9. The molecule has 0 atom stereocenters. The normalized spacial score (nSPS) is 10.8. The molecule has 0 saturated heterocycles. The molecule has 2 heterocycles. The van der Waals surface area contributed by atoms with Gasteiger partial charge >= 0.3 is 0 Å². The van der Waals surface area contributed by atoms with Gasteiger partial charge in [-0.3, -0.25) is 0 Å². The summed E-state index contributed by atoms with van der Waals surface area (Å²) in [5, 5.41) is 10.9. The Bertz CT molecular complexity index is 766. The summed E-state index contributed by atoms with van der Waals surface area (Å²) < 4.78 is 4.22. The number of aromatic nitrogens is 3. The number of imidazole rings is 1. The van der Waals surface area contributed by atoms with Gasteiger partial charge in [-0.2, -0.15) is 0 Å². The fraction of sp³-hybridized carbons (Fsp3) is 0.250. The minimum Gasteiger partial charge on any atom is -1.00 e. The van der Waals surface area contributed by atoms with E-state index in [9.17, 15) is 0 Å². The molecule has 0 N–H and O–H groups in total. The highest BCUT2D eigenvalue weighted by Crippen LogP contribution is 2.22. The van der Waals surface area contributed by atoms with Crippen LogP contribution < -0.4 is 26.4 Å². The summed E-state index contributed by atoms with van der Waals surface area (Å²) in [5.41, 5.74) is 1.99. The fourth-order valence-corrected chi connectivity index (χ4v) is 2.62. The molecule has 0 aliphatic carbocycles. The van der Waals surface area contributed by atoms with Crippen LogP contribution in [0.2, 0.25) is 0 Å². The smallest absolute Gasteiger partial charge is 0.243 e. The topological polar surface area (TPSA) is 49.7 Å². The molecule has 0 amide bonds. The van der Waals surface area contributed by atoms with Gasteiger partial charge in [0.05, 0.1) is 19.3 Å². The quantitative estimate of drug-likeness (QED) is 0.437. The van der Waals surface area contributed by atoms with Crippen molar-refractivity contribution in [2.45, 2.75) is 6.54 Å². The zero-order valence-corrected chi connectivity index (χ0v) is 16.0. The van der Waals surface area contributed by atoms with Gasteiger partial charge in [-0.15, -0.1) is 21.6 Å². The maximum atomic E-state index is 4.19. The molecule has 0 bridgehead atoms. The van der Waals surface area contributed by atoms with Crippen molar-refractivity contribution in [1.29, 1.82) is 0 Å². The van der Waals surface area contributed by atoms with E-state index in [2.05, 4.69) is 56.4 Å². The monoisotopic (exact) mass is 406 g/mol. The third kappa shape index (κ3) is 4.97. The molecule has 2 aromatic heterocycles. The summed E-state index contributed by atoms with van der Waals surface area (Å²) in [6.07, 6.45) is 7.93. The van der Waals surface area contributed by atoms with Gasteiger partial charge in [0, 0.05) is 24.3 Å². The number of nitrogens with zero attached hydrogens (tertiary/aromatic N) is 6. The Hall–Kier alpha value is -2.06. The van der Waals surface area contributed by atoms with E-state index < -0.39 is 0 Å². The average molecular weight is 407 g/mol. The summed E-state index contributed by atoms with van der Waals surface area (Å²) in [7, 11) is 4.12. The Labute approximate surface area is 155 Å². The Morgan fingerprint density at radius 1 is 1.25 bits per heavy atom. The Morgan fingerprint density at radius 2 is 2.04 bits per heavy atom. The van der Waals surface area contributed by atoms with Gasteiger partial charge in [0.25, 0.3) is 0 Å². The first-order valence-electron chi connectivity index (χ1n) is 7.34. The van der Waals surface area contributed by atoms with Crippen LogP contribution in [0.25, 0.3) is 0 Å². The minimum absolute atomic E-state index is 0. The zero-order chi connectivity index (χ0) is 16.1. The molecule has 0 spiro atoms. The van der Waals surface area contributed by atoms with Gasteiger partial charge in [0.1, 0.15) is 18.9 Å². The minimum atomic E-state index is 0. The van der Waals surface area contributed by atoms with E-state index in [1.54, 1.807) is 6.20 Å². The van der Waals surface area contributed by atoms with Crippen molar-refractivity contribution in [3.63, 3.8) is 0 Å². The van der Waals surface area contributed by atoms with E-state index in [0.717, 1.165) is 24.5 Å². The van der Waals surface area contributed by atoms with Crippen molar-refractivity contribution in [1.82, 2.24) is 9.55 Å². The van der Waals surface area contributed by atoms with E-state index in [1.807, 2.05) is 35.3 Å². The van der Waals surface area contributed by atoms with E-state index in [-0.39, 0.29) is 17.0 Å². The number of azo groups is 1. The average Bonchev–Trinajstić information content (AvgIpc) is 3.22. The second kappa shape index (κ2) is 8.70. The van der Waals surface area contributed by atoms with E-state index in [1.165, 1.54) is 11.3 Å². The van der Waals surface area contributed by atoms with Crippen LogP contribution in [0, 0.1) is 0 Å². The number of rotatable bonds is 6. The lowest BCUT2D eigenvalue weighted by Gasteiger charge is -2.18. The van der Waals surface area contributed by atoms with Crippen LogP contribution in [0.3, 0.4) is 0 Å². The molecule has 3 rings (SSSR count). The number of thiazole rings is 1. The van der Waals surface area contributed by atoms with Crippen LogP contribution in [0.5, 0.6) is 0 Å². The zero-order valence-electron chi connectivity index (χ0n) is 13.6. The molecule has 8 heteroatoms. The van der Waals surface area contributed by atoms with Crippen molar-refractivity contribution in [2.75, 3.05) is 18.5 Å². The molecule has 6 nitrogen and oxygen atoms in total. The number of anilines is 1. The number of hydrogen-bond acceptors (Lipinski definition) is 5. The third-order valence-corrected chi connectivity index (χ3v) is 4.13. The SMILES string of the molecule is CN(CCn1cc[n+](C)c1)c1ccc(/N=N/c2nccs2)cc1.[Br-]. The Kier molecular flexibility index (Phi) is 6.62. The van der Waals surface area contributed by atoms with Gasteiger partial charge in [-0.1, -0.05) is 0 Å². The first-order valence-corrected chi connectivity index (χ1v) is 8.22. The molecule has 0 saturated carbocycles. The molecule has 0 aliphatic heterocycles. The number of benzene rings is 1. The van der Waals surface area contributed by atoms with Crippen molar-refractivity contribution >= 4 is 27.8 Å². The summed E-state index contributed by atoms with van der Waals surface area (Å²) in [4.78, 5) is 6.30. The van der Waals surface area contributed by atoms with Crippen LogP contribution in [0.1, 0.15) is 0 Å². The van der Waals surface area contributed by atoms with E-state index in [0.29, 0.717) is 5.13 Å². The lowest BCUT2D eigenvalue weighted by Crippen LogP contribution is -3.00. The number of aryl methyl sites for hydroxylation is 1. The molecular formula is C16H19BrN6S. The van der Waals surface area contributed by atoms with Gasteiger partial charge in [-0.25, -0.2) is 14.1 Å². The van der Waals surface area contributed by atoms with Crippen molar-refractivity contribution in [3.05, 3.63) is 54.6 Å². The predicted molar refractivity (Wildman–Crippen MR) is 91.6 cm³/mol. The second-order valence-corrected chi connectivity index (χ2v) is 6.14. The van der Waals surface area contributed by atoms with Crippen LogP contribution in [-0.4, -0.2) is 23.1 Å². The van der Waals surface area contributed by atoms with Crippen LogP contribution >= 0.6 is 11.3 Å². The van der Waals surface area contributed by atoms with Crippen molar-refractivity contribution < 1.29 is 21.5 Å². The first-order chi connectivity index (χ1) is 11.2. The Balaban J connectivity index is 0.00000208. The van der Waals surface area contributed by atoms with Gasteiger partial charge in [-0.05, 0) is 24.3 Å². The molecular weight excluding hydrogens is 388 g/mol. The molecule has 0 unspecified atom stereocenters. The molecule has 0 aliphatic rings. The third-order valence-electron chi connectivity index (χ3n) is 3.48. The summed E-state index contributed by atoms with van der Waals surface area (Å²) in [5.74, 6) is 0. The van der Waals surface area contributed by atoms with Gasteiger partial charge < -0.3 is 21.9 Å². The highest BCUT2D eigenvalue weighted by molar-refractivity contribution is 7.13. The summed E-state index contributed by atoms with van der Waals surface area (Å²) in [6, 6.07) is 8.06. The molecule has 0 radical (unpaired) electrons. The van der Waals surface area contributed by atoms with Crippen LogP contribution in [-0.2, 0) is 13.6 Å². The van der Waals surface area contributed by atoms with E-state index >= 15 is 0 Å². The van der Waals surface area contributed by atoms with Crippen molar-refractivity contribution in [3.8, 4) is 0 Å². The van der Waals surface area contributed by atoms with E-state index in [4.69, 9.17) is 0 Å². The molecule has 126 valence electrons. The van der Waals surface area contributed by atoms with Gasteiger partial charge in [0.15, 0.2) is 0 Å².